The molecule has 0 amide bonds. The first-order valence-electron chi connectivity index (χ1n) is 6.45. The lowest BCUT2D eigenvalue weighted by Gasteiger charge is -2.03. The van der Waals surface area contributed by atoms with Crippen LogP contribution in [0.2, 0.25) is 0 Å². The zero-order valence-electron chi connectivity index (χ0n) is 10.5. The molecule has 2 nitrogen and oxygen atoms in total. The lowest BCUT2D eigenvalue weighted by molar-refractivity contribution is -0.662. The van der Waals surface area contributed by atoms with Crippen LogP contribution in [0.5, 0.6) is 0 Å². The average Bonchev–Trinajstić information content (AvgIpc) is 2.88. The summed E-state index contributed by atoms with van der Waals surface area (Å²) >= 11 is 0. The van der Waals surface area contributed by atoms with E-state index >= 15 is 0 Å². The summed E-state index contributed by atoms with van der Waals surface area (Å²) in [5.74, 6) is 0. The second-order valence-corrected chi connectivity index (χ2v) is 4.81. The number of benzene rings is 2. The van der Waals surface area contributed by atoms with E-state index in [0.29, 0.717) is 0 Å². The third kappa shape index (κ3) is 1.65. The highest BCUT2D eigenvalue weighted by molar-refractivity contribution is 6.08. The molecule has 1 aliphatic rings. The van der Waals surface area contributed by atoms with Gasteiger partial charge in [-0.2, -0.15) is 4.57 Å². The highest BCUT2D eigenvalue weighted by atomic mass is 15.0. The summed E-state index contributed by atoms with van der Waals surface area (Å²) in [4.78, 5) is 4.45. The van der Waals surface area contributed by atoms with Crippen LogP contribution in [0.15, 0.2) is 65.8 Å². The molecule has 19 heavy (non-hydrogen) atoms. The molecule has 2 aromatic carbocycles. The van der Waals surface area contributed by atoms with Gasteiger partial charge < -0.3 is 0 Å². The minimum Gasteiger partial charge on any atom is -0.255 e. The molecule has 2 heterocycles. The van der Waals surface area contributed by atoms with Gasteiger partial charge in [-0.15, -0.1) is 0 Å². The number of pyridine rings is 1. The average molecular weight is 245 g/mol. The molecule has 0 saturated carbocycles. The van der Waals surface area contributed by atoms with Crippen molar-refractivity contribution in [2.24, 2.45) is 4.99 Å². The van der Waals surface area contributed by atoms with Gasteiger partial charge in [0.1, 0.15) is 0 Å². The summed E-state index contributed by atoms with van der Waals surface area (Å²) < 4.78 is 2.28. The Hall–Kier alpha value is -2.48. The van der Waals surface area contributed by atoms with Crippen LogP contribution in [0.4, 0.5) is 5.69 Å². The molecular formula is C17H13N2+. The fourth-order valence-electron chi connectivity index (χ4n) is 2.67. The largest absolute Gasteiger partial charge is 0.255 e. The summed E-state index contributed by atoms with van der Waals surface area (Å²) in [5.41, 5.74) is 4.85. The lowest BCUT2D eigenvalue weighted by atomic mass is 10.1. The summed E-state index contributed by atoms with van der Waals surface area (Å²) in [6.45, 7) is 0.890. The number of rotatable bonds is 2. The predicted octanol–water partition coefficient (Wildman–Crippen LogP) is 3.24. The van der Waals surface area contributed by atoms with Crippen LogP contribution in [0.1, 0.15) is 11.1 Å². The van der Waals surface area contributed by atoms with E-state index in [1.165, 1.54) is 22.0 Å². The summed E-state index contributed by atoms with van der Waals surface area (Å²) in [5, 5.41) is 1.26. The Labute approximate surface area is 111 Å². The van der Waals surface area contributed by atoms with Crippen LogP contribution >= 0.6 is 0 Å². The predicted molar refractivity (Wildman–Crippen MR) is 76.9 cm³/mol. The number of aliphatic imine (C=N–C) groups is 1. The first kappa shape index (κ1) is 10.4. The molecule has 4 rings (SSSR count). The molecule has 90 valence electrons. The maximum absolute atomic E-state index is 4.45. The van der Waals surface area contributed by atoms with Crippen molar-refractivity contribution in [3.63, 3.8) is 0 Å². The van der Waals surface area contributed by atoms with Crippen LogP contribution in [0, 0.1) is 0 Å². The maximum atomic E-state index is 4.45. The molecule has 1 aromatic heterocycles. The van der Waals surface area contributed by atoms with Crippen molar-refractivity contribution < 1.29 is 4.57 Å². The minimum absolute atomic E-state index is 0.890. The summed E-state index contributed by atoms with van der Waals surface area (Å²) in [7, 11) is 0. The number of nitrogens with zero attached hydrogens (tertiary/aromatic N) is 2. The number of hydrogen-bond acceptors (Lipinski definition) is 1. The van der Waals surface area contributed by atoms with Gasteiger partial charge in [-0.3, -0.25) is 4.99 Å². The van der Waals surface area contributed by atoms with Gasteiger partial charge in [0.15, 0.2) is 12.7 Å². The van der Waals surface area contributed by atoms with Gasteiger partial charge in [0, 0.05) is 29.5 Å². The van der Waals surface area contributed by atoms with Gasteiger partial charge in [0.05, 0.1) is 11.1 Å². The van der Waals surface area contributed by atoms with E-state index in [4.69, 9.17) is 0 Å². The molecule has 1 aliphatic heterocycles. The van der Waals surface area contributed by atoms with E-state index < -0.39 is 0 Å². The van der Waals surface area contributed by atoms with Crippen LogP contribution < -0.4 is 4.57 Å². The molecule has 0 aliphatic carbocycles. The van der Waals surface area contributed by atoms with E-state index in [1.807, 2.05) is 6.21 Å². The van der Waals surface area contributed by atoms with Crippen LogP contribution in [0.25, 0.3) is 10.9 Å². The Morgan fingerprint density at radius 2 is 1.79 bits per heavy atom. The van der Waals surface area contributed by atoms with Crippen molar-refractivity contribution in [2.75, 3.05) is 0 Å². The standard InChI is InChI=1S/C17H13N2/c1-2-5-13(6-3-1)12-19-10-9-14-11-18-15-7-4-8-16(19)17(14)15/h1-11H,12H2/q+1. The molecule has 0 saturated heterocycles. The molecule has 3 aromatic rings. The monoisotopic (exact) mass is 245 g/mol. The fraction of sp³-hybridized carbons (Fsp3) is 0.0588. The topological polar surface area (TPSA) is 16.2 Å². The Balaban J connectivity index is 1.89. The normalized spacial score (nSPS) is 12.2. The molecule has 0 fully saturated rings. The van der Waals surface area contributed by atoms with Gasteiger partial charge in [0.25, 0.3) is 0 Å². The van der Waals surface area contributed by atoms with Crippen molar-refractivity contribution in [1.82, 2.24) is 0 Å². The van der Waals surface area contributed by atoms with E-state index in [1.54, 1.807) is 0 Å². The van der Waals surface area contributed by atoms with E-state index in [2.05, 4.69) is 70.4 Å². The number of aromatic nitrogens is 1. The lowest BCUT2D eigenvalue weighted by Crippen LogP contribution is -2.34. The van der Waals surface area contributed by atoms with Crippen molar-refractivity contribution in [2.45, 2.75) is 6.54 Å². The maximum Gasteiger partial charge on any atom is 0.215 e. The van der Waals surface area contributed by atoms with Crippen molar-refractivity contribution in [3.8, 4) is 0 Å². The molecule has 0 radical (unpaired) electrons. The molecule has 0 bridgehead atoms. The quantitative estimate of drug-likeness (QED) is 0.482. The third-order valence-electron chi connectivity index (χ3n) is 3.59. The molecule has 0 unspecified atom stereocenters. The van der Waals surface area contributed by atoms with Gasteiger partial charge >= 0.3 is 0 Å². The second kappa shape index (κ2) is 4.02. The Kier molecular flexibility index (Phi) is 2.21. The van der Waals surface area contributed by atoms with Crippen molar-refractivity contribution in [3.05, 3.63) is 71.9 Å². The first-order chi connectivity index (χ1) is 9.42. The molecule has 2 heteroatoms. The molecular weight excluding hydrogens is 232 g/mol. The SMILES string of the molecule is C1=Nc2cccc3c2c1cc[n+]3Cc1ccccc1. The van der Waals surface area contributed by atoms with Crippen LogP contribution in [0.3, 0.4) is 0 Å². The second-order valence-electron chi connectivity index (χ2n) is 4.81. The smallest absolute Gasteiger partial charge is 0.215 e. The van der Waals surface area contributed by atoms with Gasteiger partial charge in [-0.25, -0.2) is 0 Å². The molecule has 0 atom stereocenters. The van der Waals surface area contributed by atoms with Gasteiger partial charge in [-0.1, -0.05) is 36.4 Å². The Morgan fingerprint density at radius 3 is 2.68 bits per heavy atom. The summed E-state index contributed by atoms with van der Waals surface area (Å²) in [6, 6.07) is 19.0. The zero-order valence-corrected chi connectivity index (χ0v) is 10.5. The van der Waals surface area contributed by atoms with Gasteiger partial charge in [0.2, 0.25) is 5.52 Å². The fourth-order valence-corrected chi connectivity index (χ4v) is 2.67. The first-order valence-corrected chi connectivity index (χ1v) is 6.45. The van der Waals surface area contributed by atoms with Crippen molar-refractivity contribution in [1.29, 1.82) is 0 Å². The van der Waals surface area contributed by atoms with E-state index in [-0.39, 0.29) is 0 Å². The highest BCUT2D eigenvalue weighted by Gasteiger charge is 2.18. The highest BCUT2D eigenvalue weighted by Crippen LogP contribution is 2.30. The van der Waals surface area contributed by atoms with E-state index in [0.717, 1.165) is 12.2 Å². The Bertz CT molecular complexity index is 777. The Morgan fingerprint density at radius 1 is 0.895 bits per heavy atom. The van der Waals surface area contributed by atoms with E-state index in [9.17, 15) is 0 Å². The molecule has 0 spiro atoms. The third-order valence-corrected chi connectivity index (χ3v) is 3.59. The zero-order chi connectivity index (χ0) is 12.7. The van der Waals surface area contributed by atoms with Crippen LogP contribution in [-0.4, -0.2) is 6.21 Å². The minimum atomic E-state index is 0.890. The van der Waals surface area contributed by atoms with Crippen molar-refractivity contribution >= 4 is 22.8 Å². The molecule has 0 N–H and O–H groups in total. The summed E-state index contributed by atoms with van der Waals surface area (Å²) in [6.07, 6.45) is 4.09. The van der Waals surface area contributed by atoms with Crippen LogP contribution in [-0.2, 0) is 6.54 Å². The number of hydrogen-bond donors (Lipinski definition) is 0. The van der Waals surface area contributed by atoms with Gasteiger partial charge in [-0.05, 0) is 6.07 Å².